The number of nitrogens with one attached hydrogen (secondary N) is 1. The first kappa shape index (κ1) is 13.9. The van der Waals surface area contributed by atoms with Gasteiger partial charge in [-0.25, -0.2) is 0 Å². The van der Waals surface area contributed by atoms with Gasteiger partial charge in [-0.2, -0.15) is 0 Å². The molecule has 0 spiro atoms. The molecule has 1 aromatic rings. The van der Waals surface area contributed by atoms with Gasteiger partial charge in [0.05, 0.1) is 17.9 Å². The molecule has 2 N–H and O–H groups in total. The SMILES string of the molecule is CNCc1nc(C)ccc1OCCC(C)(C)O. The number of nitrogens with zero attached hydrogens (tertiary/aromatic N) is 1. The van der Waals surface area contributed by atoms with Gasteiger partial charge in [-0.15, -0.1) is 0 Å². The first-order valence-corrected chi connectivity index (χ1v) is 5.88. The van der Waals surface area contributed by atoms with Gasteiger partial charge in [0.2, 0.25) is 0 Å². The van der Waals surface area contributed by atoms with E-state index in [9.17, 15) is 5.11 Å². The van der Waals surface area contributed by atoms with Crippen molar-refractivity contribution in [3.8, 4) is 5.75 Å². The van der Waals surface area contributed by atoms with Crippen molar-refractivity contribution in [1.82, 2.24) is 10.3 Å². The van der Waals surface area contributed by atoms with Crippen LogP contribution in [0.1, 0.15) is 31.7 Å². The molecule has 1 rings (SSSR count). The van der Waals surface area contributed by atoms with E-state index < -0.39 is 5.60 Å². The van der Waals surface area contributed by atoms with E-state index in [1.807, 2.05) is 26.1 Å². The lowest BCUT2D eigenvalue weighted by Crippen LogP contribution is -2.22. The summed E-state index contributed by atoms with van der Waals surface area (Å²) in [6.45, 7) is 6.68. The molecule has 0 unspecified atom stereocenters. The maximum atomic E-state index is 9.60. The molecular formula is C13H22N2O2. The quantitative estimate of drug-likeness (QED) is 0.791. The van der Waals surface area contributed by atoms with Gasteiger partial charge in [0, 0.05) is 18.7 Å². The maximum absolute atomic E-state index is 9.60. The lowest BCUT2D eigenvalue weighted by Gasteiger charge is -2.18. The summed E-state index contributed by atoms with van der Waals surface area (Å²) in [5.74, 6) is 0.786. The second-order valence-electron chi connectivity index (χ2n) is 4.84. The Labute approximate surface area is 103 Å². The number of ether oxygens (including phenoxy) is 1. The fourth-order valence-corrected chi connectivity index (χ4v) is 1.43. The van der Waals surface area contributed by atoms with Gasteiger partial charge in [-0.1, -0.05) is 0 Å². The highest BCUT2D eigenvalue weighted by atomic mass is 16.5. The van der Waals surface area contributed by atoms with Crippen LogP contribution in [0.15, 0.2) is 12.1 Å². The number of hydrogen-bond donors (Lipinski definition) is 2. The molecule has 0 fully saturated rings. The first-order chi connectivity index (χ1) is 7.92. The van der Waals surface area contributed by atoms with Crippen LogP contribution in [0.5, 0.6) is 5.75 Å². The molecule has 1 heterocycles. The van der Waals surface area contributed by atoms with Crippen molar-refractivity contribution in [3.63, 3.8) is 0 Å². The third kappa shape index (κ3) is 5.15. The highest BCUT2D eigenvalue weighted by Crippen LogP contribution is 2.18. The minimum absolute atomic E-state index is 0.491. The second kappa shape index (κ2) is 5.98. The Bertz CT molecular complexity index is 359. The van der Waals surface area contributed by atoms with E-state index in [1.54, 1.807) is 13.8 Å². The summed E-state index contributed by atoms with van der Waals surface area (Å²) in [6, 6.07) is 3.86. The topological polar surface area (TPSA) is 54.4 Å². The van der Waals surface area contributed by atoms with Gasteiger partial charge in [0.25, 0.3) is 0 Å². The molecule has 0 saturated heterocycles. The zero-order valence-corrected chi connectivity index (χ0v) is 11.1. The van der Waals surface area contributed by atoms with Crippen LogP contribution >= 0.6 is 0 Å². The van der Waals surface area contributed by atoms with Crippen molar-refractivity contribution >= 4 is 0 Å². The monoisotopic (exact) mass is 238 g/mol. The van der Waals surface area contributed by atoms with Crippen molar-refractivity contribution in [2.75, 3.05) is 13.7 Å². The molecule has 0 bridgehead atoms. The summed E-state index contributed by atoms with van der Waals surface area (Å²) in [4.78, 5) is 4.43. The van der Waals surface area contributed by atoms with Crippen LogP contribution in [0.3, 0.4) is 0 Å². The normalized spacial score (nSPS) is 11.6. The van der Waals surface area contributed by atoms with Gasteiger partial charge in [-0.05, 0) is 40.0 Å². The third-order valence-corrected chi connectivity index (χ3v) is 2.39. The van der Waals surface area contributed by atoms with E-state index in [2.05, 4.69) is 10.3 Å². The van der Waals surface area contributed by atoms with Crippen LogP contribution in [-0.2, 0) is 6.54 Å². The molecule has 0 amide bonds. The maximum Gasteiger partial charge on any atom is 0.142 e. The minimum atomic E-state index is -0.693. The van der Waals surface area contributed by atoms with Gasteiger partial charge in [-0.3, -0.25) is 4.98 Å². The van der Waals surface area contributed by atoms with Crippen LogP contribution in [0.4, 0.5) is 0 Å². The van der Waals surface area contributed by atoms with E-state index in [-0.39, 0.29) is 0 Å². The Balaban J connectivity index is 2.63. The summed E-state index contributed by atoms with van der Waals surface area (Å²) in [7, 11) is 1.88. The smallest absolute Gasteiger partial charge is 0.142 e. The molecule has 0 saturated carbocycles. The van der Waals surface area contributed by atoms with Crippen LogP contribution in [0.25, 0.3) is 0 Å². The summed E-state index contributed by atoms with van der Waals surface area (Å²) < 4.78 is 5.66. The second-order valence-corrected chi connectivity index (χ2v) is 4.84. The summed E-state index contributed by atoms with van der Waals surface area (Å²) >= 11 is 0. The summed E-state index contributed by atoms with van der Waals surface area (Å²) in [6.07, 6.45) is 0.597. The van der Waals surface area contributed by atoms with Crippen LogP contribution in [-0.4, -0.2) is 29.3 Å². The lowest BCUT2D eigenvalue weighted by atomic mass is 10.1. The highest BCUT2D eigenvalue weighted by molar-refractivity contribution is 5.29. The average molecular weight is 238 g/mol. The molecule has 96 valence electrons. The number of hydrogen-bond acceptors (Lipinski definition) is 4. The number of aryl methyl sites for hydroxylation is 1. The van der Waals surface area contributed by atoms with E-state index in [0.717, 1.165) is 17.1 Å². The van der Waals surface area contributed by atoms with E-state index in [0.29, 0.717) is 19.6 Å². The predicted octanol–water partition coefficient (Wildman–Crippen LogP) is 1.65. The zero-order valence-electron chi connectivity index (χ0n) is 11.1. The number of pyridine rings is 1. The molecule has 0 radical (unpaired) electrons. The Morgan fingerprint density at radius 2 is 2.12 bits per heavy atom. The van der Waals surface area contributed by atoms with Crippen LogP contribution in [0, 0.1) is 6.92 Å². The Morgan fingerprint density at radius 3 is 2.71 bits per heavy atom. The van der Waals surface area contributed by atoms with Gasteiger partial charge >= 0.3 is 0 Å². The van der Waals surface area contributed by atoms with Gasteiger partial charge < -0.3 is 15.2 Å². The molecule has 4 heteroatoms. The van der Waals surface area contributed by atoms with Crippen LogP contribution < -0.4 is 10.1 Å². The van der Waals surface area contributed by atoms with E-state index >= 15 is 0 Å². The molecule has 0 aliphatic heterocycles. The van der Waals surface area contributed by atoms with Crippen molar-refractivity contribution in [2.45, 2.75) is 39.3 Å². The molecular weight excluding hydrogens is 216 g/mol. The lowest BCUT2D eigenvalue weighted by molar-refractivity contribution is 0.0551. The number of rotatable bonds is 6. The molecule has 0 aliphatic rings. The molecule has 0 atom stereocenters. The van der Waals surface area contributed by atoms with Gasteiger partial charge in [0.15, 0.2) is 0 Å². The first-order valence-electron chi connectivity index (χ1n) is 5.88. The number of aromatic nitrogens is 1. The zero-order chi connectivity index (χ0) is 12.9. The highest BCUT2D eigenvalue weighted by Gasteiger charge is 2.13. The standard InChI is InChI=1S/C13H22N2O2/c1-10-5-6-12(11(15-10)9-14-4)17-8-7-13(2,3)16/h5-6,14,16H,7-9H2,1-4H3. The van der Waals surface area contributed by atoms with Crippen molar-refractivity contribution < 1.29 is 9.84 Å². The molecule has 17 heavy (non-hydrogen) atoms. The Kier molecular flexibility index (Phi) is 4.90. The summed E-state index contributed by atoms with van der Waals surface area (Å²) in [5.41, 5.74) is 1.19. The van der Waals surface area contributed by atoms with Crippen molar-refractivity contribution in [1.29, 1.82) is 0 Å². The molecule has 0 aliphatic carbocycles. The van der Waals surface area contributed by atoms with Crippen LogP contribution in [0.2, 0.25) is 0 Å². The third-order valence-electron chi connectivity index (χ3n) is 2.39. The largest absolute Gasteiger partial charge is 0.492 e. The van der Waals surface area contributed by atoms with E-state index in [4.69, 9.17) is 4.74 Å². The predicted molar refractivity (Wildman–Crippen MR) is 68.1 cm³/mol. The Hall–Kier alpha value is -1.13. The average Bonchev–Trinajstić information content (AvgIpc) is 2.20. The summed E-state index contributed by atoms with van der Waals surface area (Å²) in [5, 5.41) is 12.7. The molecule has 1 aromatic heterocycles. The fourth-order valence-electron chi connectivity index (χ4n) is 1.43. The molecule has 0 aromatic carbocycles. The Morgan fingerprint density at radius 1 is 1.41 bits per heavy atom. The van der Waals surface area contributed by atoms with E-state index in [1.165, 1.54) is 0 Å². The van der Waals surface area contributed by atoms with Gasteiger partial charge in [0.1, 0.15) is 5.75 Å². The minimum Gasteiger partial charge on any atom is -0.492 e. The van der Waals surface area contributed by atoms with Crippen molar-refractivity contribution in [3.05, 3.63) is 23.5 Å². The fraction of sp³-hybridized carbons (Fsp3) is 0.615. The number of aliphatic hydroxyl groups is 1. The molecule has 4 nitrogen and oxygen atoms in total. The van der Waals surface area contributed by atoms with Crippen molar-refractivity contribution in [2.24, 2.45) is 0 Å².